The molecule has 0 radical (unpaired) electrons. The molecule has 3 rings (SSSR count). The molecule has 0 spiro atoms. The van der Waals surface area contributed by atoms with E-state index in [-0.39, 0.29) is 5.91 Å². The molecule has 0 fully saturated rings. The number of nitrogens with zero attached hydrogens (tertiary/aromatic N) is 4. The number of benzene rings is 1. The predicted molar refractivity (Wildman–Crippen MR) is 100.0 cm³/mol. The fourth-order valence-corrected chi connectivity index (χ4v) is 3.36. The van der Waals surface area contributed by atoms with Gasteiger partial charge in [-0.25, -0.2) is 0 Å². The smallest absolute Gasteiger partial charge is 0.259 e. The number of amides is 1. The highest BCUT2D eigenvalue weighted by Crippen LogP contribution is 2.23. The lowest BCUT2D eigenvalue weighted by Crippen LogP contribution is -2.15. The predicted octanol–water partition coefficient (Wildman–Crippen LogP) is 4.00. The first-order valence-electron chi connectivity index (χ1n) is 8.75. The molecular formula is C19H25N5O. The van der Waals surface area contributed by atoms with Crippen molar-refractivity contribution in [2.75, 3.05) is 5.32 Å². The summed E-state index contributed by atoms with van der Waals surface area (Å²) < 4.78 is 3.79. The number of hydrogen-bond acceptors (Lipinski definition) is 3. The van der Waals surface area contributed by atoms with E-state index in [9.17, 15) is 4.79 Å². The zero-order valence-corrected chi connectivity index (χ0v) is 15.5. The first-order chi connectivity index (χ1) is 12.0. The molecule has 2 heterocycles. The number of hydrogen-bond donors (Lipinski definition) is 1. The molecule has 3 aromatic rings. The Morgan fingerprint density at radius 2 is 1.96 bits per heavy atom. The number of anilines is 1. The van der Waals surface area contributed by atoms with Gasteiger partial charge in [0.15, 0.2) is 0 Å². The molecular weight excluding hydrogens is 314 g/mol. The maximum atomic E-state index is 12.7. The van der Waals surface area contributed by atoms with Gasteiger partial charge >= 0.3 is 0 Å². The fourth-order valence-electron chi connectivity index (χ4n) is 3.36. The average Bonchev–Trinajstić information content (AvgIpc) is 3.10. The number of carbonyl (C=O) groups is 1. The highest BCUT2D eigenvalue weighted by molar-refractivity contribution is 6.05. The molecule has 0 unspecified atom stereocenters. The molecule has 1 amide bonds. The summed E-state index contributed by atoms with van der Waals surface area (Å²) >= 11 is 0. The number of aryl methyl sites for hydroxylation is 2. The highest BCUT2D eigenvalue weighted by Gasteiger charge is 2.18. The molecule has 1 aromatic carbocycles. The van der Waals surface area contributed by atoms with Crippen molar-refractivity contribution in [1.29, 1.82) is 0 Å². The average molecular weight is 339 g/mol. The molecule has 0 bridgehead atoms. The van der Waals surface area contributed by atoms with Gasteiger partial charge < -0.3 is 5.32 Å². The van der Waals surface area contributed by atoms with Crippen LogP contribution < -0.4 is 5.32 Å². The Morgan fingerprint density at radius 1 is 1.24 bits per heavy atom. The van der Waals surface area contributed by atoms with E-state index < -0.39 is 0 Å². The van der Waals surface area contributed by atoms with E-state index in [1.54, 1.807) is 6.20 Å². The van der Waals surface area contributed by atoms with Gasteiger partial charge in [-0.05, 0) is 44.9 Å². The van der Waals surface area contributed by atoms with Crippen LogP contribution in [0.25, 0.3) is 10.9 Å². The maximum absolute atomic E-state index is 12.7. The van der Waals surface area contributed by atoms with Crippen LogP contribution in [0.4, 0.5) is 5.69 Å². The standard InChI is InChI=1S/C19H25N5O/c1-6-15(7-2)24-13(4)17(11-20-24)19(25)21-14-8-9-16-12(3)22-23(5)18(16)10-14/h8-11,15H,6-7H2,1-5H3,(H,21,25). The van der Waals surface area contributed by atoms with Crippen LogP contribution in [0.2, 0.25) is 0 Å². The van der Waals surface area contributed by atoms with Gasteiger partial charge in [0.25, 0.3) is 5.91 Å². The van der Waals surface area contributed by atoms with E-state index in [0.717, 1.165) is 40.8 Å². The quantitative estimate of drug-likeness (QED) is 0.764. The second kappa shape index (κ2) is 6.70. The Hall–Kier alpha value is -2.63. The van der Waals surface area contributed by atoms with Gasteiger partial charge in [-0.2, -0.15) is 10.2 Å². The van der Waals surface area contributed by atoms with E-state index in [0.29, 0.717) is 11.6 Å². The monoisotopic (exact) mass is 339 g/mol. The Labute approximate surface area is 147 Å². The molecule has 0 saturated carbocycles. The maximum Gasteiger partial charge on any atom is 0.259 e. The molecule has 25 heavy (non-hydrogen) atoms. The van der Waals surface area contributed by atoms with Crippen LogP contribution in [0.1, 0.15) is 54.5 Å². The highest BCUT2D eigenvalue weighted by atomic mass is 16.1. The molecule has 0 aliphatic rings. The summed E-state index contributed by atoms with van der Waals surface area (Å²) in [6.07, 6.45) is 3.66. The molecule has 6 nitrogen and oxygen atoms in total. The number of nitrogens with one attached hydrogen (secondary N) is 1. The van der Waals surface area contributed by atoms with Crippen LogP contribution in [0, 0.1) is 13.8 Å². The second-order valence-corrected chi connectivity index (χ2v) is 6.45. The van der Waals surface area contributed by atoms with Crippen molar-refractivity contribution >= 4 is 22.5 Å². The van der Waals surface area contributed by atoms with Crippen LogP contribution in [0.15, 0.2) is 24.4 Å². The van der Waals surface area contributed by atoms with Crippen LogP contribution in [-0.4, -0.2) is 25.5 Å². The lowest BCUT2D eigenvalue weighted by Gasteiger charge is -2.15. The van der Waals surface area contributed by atoms with Crippen LogP contribution in [0.3, 0.4) is 0 Å². The Kier molecular flexibility index (Phi) is 4.61. The summed E-state index contributed by atoms with van der Waals surface area (Å²) in [6.45, 7) is 8.21. The normalized spacial score (nSPS) is 11.4. The van der Waals surface area contributed by atoms with Crippen molar-refractivity contribution < 1.29 is 4.79 Å². The van der Waals surface area contributed by atoms with Gasteiger partial charge in [-0.3, -0.25) is 14.2 Å². The molecule has 0 aliphatic carbocycles. The van der Waals surface area contributed by atoms with Gasteiger partial charge in [0, 0.05) is 23.8 Å². The van der Waals surface area contributed by atoms with Crippen molar-refractivity contribution in [2.24, 2.45) is 7.05 Å². The molecule has 132 valence electrons. The SMILES string of the molecule is CCC(CC)n1ncc(C(=O)Nc2ccc3c(C)nn(C)c3c2)c1C. The van der Waals surface area contributed by atoms with Crippen LogP contribution in [0.5, 0.6) is 0 Å². The largest absolute Gasteiger partial charge is 0.322 e. The van der Waals surface area contributed by atoms with Crippen molar-refractivity contribution in [2.45, 2.75) is 46.6 Å². The zero-order valence-electron chi connectivity index (χ0n) is 15.5. The minimum absolute atomic E-state index is 0.132. The summed E-state index contributed by atoms with van der Waals surface area (Å²) in [7, 11) is 1.91. The Bertz CT molecular complexity index is 917. The van der Waals surface area contributed by atoms with Gasteiger partial charge in [0.1, 0.15) is 0 Å². The Morgan fingerprint density at radius 3 is 2.64 bits per heavy atom. The van der Waals surface area contributed by atoms with Crippen molar-refractivity contribution in [3.05, 3.63) is 41.3 Å². The minimum Gasteiger partial charge on any atom is -0.322 e. The fraction of sp³-hybridized carbons (Fsp3) is 0.421. The topological polar surface area (TPSA) is 64.7 Å². The van der Waals surface area contributed by atoms with E-state index in [1.165, 1.54) is 0 Å². The van der Waals surface area contributed by atoms with E-state index in [2.05, 4.69) is 29.4 Å². The first kappa shape index (κ1) is 17.2. The summed E-state index contributed by atoms with van der Waals surface area (Å²) in [5.74, 6) is -0.132. The van der Waals surface area contributed by atoms with Crippen molar-refractivity contribution in [3.63, 3.8) is 0 Å². The third-order valence-corrected chi connectivity index (χ3v) is 4.87. The van der Waals surface area contributed by atoms with Gasteiger partial charge in [0.2, 0.25) is 0 Å². The first-order valence-corrected chi connectivity index (χ1v) is 8.75. The second-order valence-electron chi connectivity index (χ2n) is 6.45. The Balaban J connectivity index is 1.86. The van der Waals surface area contributed by atoms with E-state index >= 15 is 0 Å². The molecule has 1 N–H and O–H groups in total. The van der Waals surface area contributed by atoms with Crippen LogP contribution >= 0.6 is 0 Å². The number of fused-ring (bicyclic) bond motifs is 1. The number of rotatable bonds is 5. The number of carbonyl (C=O) groups excluding carboxylic acids is 1. The van der Waals surface area contributed by atoms with Crippen molar-refractivity contribution in [3.8, 4) is 0 Å². The summed E-state index contributed by atoms with van der Waals surface area (Å²) in [5.41, 5.74) is 4.27. The lowest BCUT2D eigenvalue weighted by molar-refractivity contribution is 0.102. The van der Waals surface area contributed by atoms with E-state index in [1.807, 2.05) is 48.5 Å². The minimum atomic E-state index is -0.132. The van der Waals surface area contributed by atoms with Crippen LogP contribution in [-0.2, 0) is 7.05 Å². The molecule has 0 atom stereocenters. The van der Waals surface area contributed by atoms with Gasteiger partial charge in [-0.1, -0.05) is 13.8 Å². The molecule has 2 aromatic heterocycles. The summed E-state index contributed by atoms with van der Waals surface area (Å²) in [5, 5.41) is 12.9. The summed E-state index contributed by atoms with van der Waals surface area (Å²) in [6, 6.07) is 6.19. The zero-order chi connectivity index (χ0) is 18.1. The number of aromatic nitrogens is 4. The summed E-state index contributed by atoms with van der Waals surface area (Å²) in [4.78, 5) is 12.7. The molecule has 0 saturated heterocycles. The van der Waals surface area contributed by atoms with E-state index in [4.69, 9.17) is 0 Å². The van der Waals surface area contributed by atoms with Gasteiger partial charge in [-0.15, -0.1) is 0 Å². The third kappa shape index (κ3) is 3.04. The van der Waals surface area contributed by atoms with Crippen molar-refractivity contribution in [1.82, 2.24) is 19.6 Å². The lowest BCUT2D eigenvalue weighted by atomic mass is 10.1. The molecule has 0 aliphatic heterocycles. The van der Waals surface area contributed by atoms with Gasteiger partial charge in [0.05, 0.1) is 29.0 Å². The molecule has 6 heteroatoms. The third-order valence-electron chi connectivity index (χ3n) is 4.87.